The number of rotatable bonds is 6. The molecule has 6 aromatic carbocycles. The van der Waals surface area contributed by atoms with Crippen molar-refractivity contribution in [3.8, 4) is 0 Å². The van der Waals surface area contributed by atoms with Gasteiger partial charge in [0.1, 0.15) is 27.2 Å². The first-order chi connectivity index (χ1) is 19.3. The molecule has 0 saturated carbocycles. The zero-order valence-corrected chi connectivity index (χ0v) is 26.0. The van der Waals surface area contributed by atoms with Gasteiger partial charge in [-0.2, -0.15) is 0 Å². The molecule has 0 amide bonds. The molecule has 0 heterocycles. The molecule has 0 unspecified atom stereocenters. The molecule has 0 atom stereocenters. The Balaban J connectivity index is 0.000000181. The number of halogens is 1. The molecule has 0 aliphatic heterocycles. The summed E-state index contributed by atoms with van der Waals surface area (Å²) >= 11 is 7.23. The summed E-state index contributed by atoms with van der Waals surface area (Å²) < 4.78 is 0. The Kier molecular flexibility index (Phi) is 11.5. The van der Waals surface area contributed by atoms with Crippen molar-refractivity contribution < 1.29 is 20.4 Å². The summed E-state index contributed by atoms with van der Waals surface area (Å²) in [4.78, 5) is 0. The topological polar surface area (TPSA) is 0 Å². The van der Waals surface area contributed by atoms with E-state index in [0.29, 0.717) is 0 Å². The van der Waals surface area contributed by atoms with Gasteiger partial charge < -0.3 is 0 Å². The minimum Gasteiger partial charge on any atom is -0.0622 e. The molecule has 0 saturated heterocycles. The Morgan fingerprint density at radius 2 is 0.525 bits per heavy atom. The molecule has 6 rings (SSSR count). The molecule has 0 spiro atoms. The molecule has 0 fully saturated rings. The van der Waals surface area contributed by atoms with Crippen molar-refractivity contribution in [2.45, 2.75) is 0 Å². The predicted octanol–water partition coefficient (Wildman–Crippen LogP) is 7.58. The van der Waals surface area contributed by atoms with Gasteiger partial charge in [-0.1, -0.05) is 146 Å². The van der Waals surface area contributed by atoms with Gasteiger partial charge in [-0.15, -0.1) is 0 Å². The van der Waals surface area contributed by atoms with Crippen molar-refractivity contribution in [3.63, 3.8) is 0 Å². The average Bonchev–Trinajstić information content (AvgIpc) is 3.04. The van der Waals surface area contributed by atoms with E-state index in [2.05, 4.69) is 164 Å². The van der Waals surface area contributed by atoms with Crippen molar-refractivity contribution in [1.82, 2.24) is 0 Å². The summed E-state index contributed by atoms with van der Waals surface area (Å²) in [5.41, 5.74) is 0. The predicted molar refractivity (Wildman–Crippen MR) is 176 cm³/mol. The average molecular weight is 666 g/mol. The first kappa shape index (κ1) is 30.1. The Morgan fingerprint density at radius 1 is 0.325 bits per heavy atom. The molecule has 0 radical (unpaired) electrons. The fourth-order valence-corrected chi connectivity index (χ4v) is 10.5. The molecule has 40 heavy (non-hydrogen) atoms. The fourth-order valence-electron chi connectivity index (χ4n) is 4.53. The van der Waals surface area contributed by atoms with Gasteiger partial charge in [0.2, 0.25) is 6.62 Å². The van der Waals surface area contributed by atoms with E-state index in [4.69, 9.17) is 11.2 Å². The fraction of sp³-hybridized carbons (Fsp3) is 0. The van der Waals surface area contributed by atoms with Crippen LogP contribution >= 0.6 is 25.8 Å². The second kappa shape index (κ2) is 15.2. The van der Waals surface area contributed by atoms with E-state index < -0.39 is 14.5 Å². The van der Waals surface area contributed by atoms with E-state index in [1.807, 2.05) is 18.2 Å². The van der Waals surface area contributed by atoms with Crippen LogP contribution in [0.25, 0.3) is 0 Å². The van der Waals surface area contributed by atoms with Gasteiger partial charge in [-0.25, -0.2) is 0 Å². The van der Waals surface area contributed by atoms with Crippen molar-refractivity contribution in [1.29, 1.82) is 0 Å². The first-order valence-corrected chi connectivity index (χ1v) is 17.0. The Morgan fingerprint density at radius 3 is 0.750 bits per heavy atom. The van der Waals surface area contributed by atoms with Gasteiger partial charge in [0.05, 0.1) is 0 Å². The van der Waals surface area contributed by atoms with Crippen molar-refractivity contribution in [2.24, 2.45) is 0 Å². The summed E-state index contributed by atoms with van der Waals surface area (Å²) in [6, 6.07) is 63.5. The second-order valence-electron chi connectivity index (χ2n) is 8.94. The van der Waals surface area contributed by atoms with Gasteiger partial charge >= 0.3 is 0 Å². The van der Waals surface area contributed by atoms with Crippen molar-refractivity contribution in [3.05, 3.63) is 182 Å². The van der Waals surface area contributed by atoms with Crippen molar-refractivity contribution >= 4 is 57.6 Å². The van der Waals surface area contributed by atoms with E-state index in [9.17, 15) is 0 Å². The Hall–Kier alpha value is -2.87. The summed E-state index contributed by atoms with van der Waals surface area (Å²) in [6.45, 7) is -2.05. The smallest absolute Gasteiger partial charge is 0.0622 e. The Bertz CT molecular complexity index is 1340. The van der Waals surface area contributed by atoms with Crippen molar-refractivity contribution in [2.75, 3.05) is 0 Å². The maximum absolute atomic E-state index is 7.23. The van der Waals surface area contributed by atoms with Crippen LogP contribution in [0.3, 0.4) is 0 Å². The van der Waals surface area contributed by atoms with Crippen LogP contribution in [0, 0.1) is 0 Å². The summed E-state index contributed by atoms with van der Waals surface area (Å²) in [6.07, 6.45) is 0. The van der Waals surface area contributed by atoms with Crippen LogP contribution in [0.15, 0.2) is 182 Å². The van der Waals surface area contributed by atoms with Gasteiger partial charge in [-0.3, -0.25) is 0 Å². The molecule has 0 aliphatic carbocycles. The van der Waals surface area contributed by atoms with Crippen LogP contribution in [-0.4, -0.2) is 0 Å². The molecule has 0 N–H and O–H groups in total. The zero-order chi connectivity index (χ0) is 26.8. The molecule has 0 nitrogen and oxygen atoms in total. The summed E-state index contributed by atoms with van der Waals surface area (Å²) in [7, 11) is -0.446. The van der Waals surface area contributed by atoms with Crippen LogP contribution in [-0.2, 0) is 20.4 Å². The van der Waals surface area contributed by atoms with Gasteiger partial charge in [0.25, 0.3) is 0 Å². The summed E-state index contributed by atoms with van der Waals surface area (Å²) in [5, 5.41) is 7.77. The quantitative estimate of drug-likeness (QED) is 0.127. The monoisotopic (exact) mass is 665 g/mol. The maximum Gasteiger partial charge on any atom is 0.210 e. The third-order valence-corrected chi connectivity index (χ3v) is 13.6. The largest absolute Gasteiger partial charge is 0.210 e. The van der Waals surface area contributed by atoms with Crippen LogP contribution in [0.5, 0.6) is 0 Å². The maximum atomic E-state index is 7.23. The number of hydrogen-bond donors (Lipinski definition) is 0. The molecular formula is C36H30ClP2Pd+. The zero-order valence-electron chi connectivity index (χ0n) is 21.9. The van der Waals surface area contributed by atoms with Crippen LogP contribution in [0.1, 0.15) is 0 Å². The molecular weight excluding hydrogens is 636 g/mol. The molecule has 4 heteroatoms. The molecule has 0 bridgehead atoms. The summed E-state index contributed by atoms with van der Waals surface area (Å²) in [5.74, 6) is 0. The Labute approximate surface area is 258 Å². The van der Waals surface area contributed by atoms with Gasteiger partial charge in [0, 0.05) is 20.4 Å². The second-order valence-corrected chi connectivity index (χ2v) is 15.4. The number of benzene rings is 6. The minimum atomic E-state index is -2.05. The van der Waals surface area contributed by atoms with E-state index in [-0.39, 0.29) is 20.4 Å². The molecule has 200 valence electrons. The third-order valence-electron chi connectivity index (χ3n) is 6.38. The van der Waals surface area contributed by atoms with E-state index >= 15 is 0 Å². The molecule has 0 aliphatic rings. The van der Waals surface area contributed by atoms with Crippen LogP contribution in [0.2, 0.25) is 0 Å². The van der Waals surface area contributed by atoms with Crippen LogP contribution < -0.4 is 31.8 Å². The standard InChI is InChI=1S/C18H15ClP.C18H15P.Pd/c19-20(16-10-4-1-5-11-16,17-12-6-2-7-13-17)18-14-8-3-9-15-18;1-4-10-16(11-5-1)19(17-12-6-2-7-13-17)18-14-8-3-9-15-18;/h1-15H;1-15H;/q+1;;. The van der Waals surface area contributed by atoms with E-state index in [0.717, 1.165) is 0 Å². The normalized spacial score (nSPS) is 10.7. The minimum absolute atomic E-state index is 0. The first-order valence-electron chi connectivity index (χ1n) is 13.0. The van der Waals surface area contributed by atoms with Gasteiger partial charge in [-0.05, 0) is 60.2 Å². The third kappa shape index (κ3) is 7.25. The SMILES string of the molecule is Cl[P+](c1ccccc1)(c1ccccc1)c1ccccc1.[Pd].c1ccc(P(c2ccccc2)c2ccccc2)cc1. The molecule has 6 aromatic rings. The van der Waals surface area contributed by atoms with Gasteiger partial charge in [0.15, 0.2) is 0 Å². The van der Waals surface area contributed by atoms with E-state index in [1.54, 1.807) is 0 Å². The number of hydrogen-bond acceptors (Lipinski definition) is 0. The van der Waals surface area contributed by atoms with E-state index in [1.165, 1.54) is 31.8 Å². The van der Waals surface area contributed by atoms with Crippen LogP contribution in [0.4, 0.5) is 0 Å². The molecule has 0 aromatic heterocycles.